The van der Waals surface area contributed by atoms with Crippen molar-refractivity contribution in [2.75, 3.05) is 24.7 Å². The van der Waals surface area contributed by atoms with E-state index in [2.05, 4.69) is 29.9 Å². The summed E-state index contributed by atoms with van der Waals surface area (Å²) in [4.78, 5) is 55.6. The third kappa shape index (κ3) is 5.31. The Kier molecular flexibility index (Phi) is 7.27. The van der Waals surface area contributed by atoms with Crippen molar-refractivity contribution in [2.45, 2.75) is 49.1 Å². The first-order valence-corrected chi connectivity index (χ1v) is 15.9. The standard InChI is InChI=1S/C20H24N10O13P2/c21-14-8-15(24-3-23-14)29(4-25-8)18-10(31)12-6(40-18)1-38-45(36,37)43-13-7(2-39-44(34,35)42-12)41-19(11(13)32)30-5-26-9-16(30)27-20(22)28-17(9)33/h3-7,10-13,18-19,31-32H,1-2H2,(H,34,35)(H,36,37)(H2,21,23,24)(H3,22,27,28,33)/t6-,7-,10+,11+,12?,13?,18-,19-/m1/s1. The zero-order valence-corrected chi connectivity index (χ0v) is 24.2. The number of rotatable bonds is 2. The topological polar surface area (TPSA) is 330 Å². The molecule has 45 heavy (non-hydrogen) atoms. The Morgan fingerprint density at radius 3 is 1.93 bits per heavy atom. The van der Waals surface area contributed by atoms with Crippen molar-refractivity contribution in [2.24, 2.45) is 0 Å². The van der Waals surface area contributed by atoms with Crippen molar-refractivity contribution >= 4 is 49.7 Å². The highest BCUT2D eigenvalue weighted by Crippen LogP contribution is 2.53. The van der Waals surface area contributed by atoms with Crippen LogP contribution in [-0.2, 0) is 36.7 Å². The molecule has 0 bridgehead atoms. The molecule has 25 heteroatoms. The molecule has 0 aromatic carbocycles. The Labute approximate surface area is 248 Å². The molecule has 9 N–H and O–H groups in total. The predicted molar refractivity (Wildman–Crippen MR) is 143 cm³/mol. The number of nitrogens with one attached hydrogen (secondary N) is 1. The third-order valence-electron chi connectivity index (χ3n) is 7.32. The van der Waals surface area contributed by atoms with E-state index in [0.717, 1.165) is 17.2 Å². The van der Waals surface area contributed by atoms with Crippen LogP contribution in [0.4, 0.5) is 11.8 Å². The van der Waals surface area contributed by atoms with E-state index in [1.165, 1.54) is 10.9 Å². The number of aromatic nitrogens is 8. The third-order valence-corrected chi connectivity index (χ3v) is 9.29. The van der Waals surface area contributed by atoms with Crippen LogP contribution in [0.25, 0.3) is 22.3 Å². The monoisotopic (exact) mass is 674 g/mol. The first kappa shape index (κ1) is 30.2. The molecule has 7 heterocycles. The molecule has 0 spiro atoms. The molecule has 23 nitrogen and oxygen atoms in total. The minimum Gasteiger partial charge on any atom is -0.386 e. The molecule has 0 radical (unpaired) electrons. The van der Waals surface area contributed by atoms with E-state index in [-0.39, 0.29) is 34.1 Å². The zero-order chi connectivity index (χ0) is 31.8. The molecule has 242 valence electrons. The lowest BCUT2D eigenvalue weighted by Gasteiger charge is -2.27. The number of aliphatic hydroxyl groups is 2. The fourth-order valence-electron chi connectivity index (χ4n) is 5.32. The maximum absolute atomic E-state index is 13.1. The number of ether oxygens (including phenoxy) is 2. The molecule has 7 rings (SSSR count). The van der Waals surface area contributed by atoms with Crippen LogP contribution in [0.1, 0.15) is 12.5 Å². The van der Waals surface area contributed by atoms with Crippen molar-refractivity contribution in [3.8, 4) is 0 Å². The van der Waals surface area contributed by atoms with Crippen molar-refractivity contribution < 1.29 is 56.7 Å². The zero-order valence-electron chi connectivity index (χ0n) is 22.4. The summed E-state index contributed by atoms with van der Waals surface area (Å²) in [6.45, 7) is -1.65. The molecule has 4 aromatic heterocycles. The fraction of sp³-hybridized carbons (Fsp3) is 0.500. The summed E-state index contributed by atoms with van der Waals surface area (Å²) in [5, 5.41) is 22.2. The Morgan fingerprint density at radius 2 is 1.36 bits per heavy atom. The molecule has 3 aliphatic rings. The Morgan fingerprint density at radius 1 is 0.822 bits per heavy atom. The lowest BCUT2D eigenvalue weighted by Crippen LogP contribution is -2.39. The van der Waals surface area contributed by atoms with Gasteiger partial charge in [0.1, 0.15) is 48.5 Å². The van der Waals surface area contributed by atoms with Gasteiger partial charge in [0.25, 0.3) is 5.56 Å². The molecule has 4 aromatic rings. The number of anilines is 2. The average Bonchev–Trinajstić information content (AvgIpc) is 3.72. The van der Waals surface area contributed by atoms with Gasteiger partial charge in [-0.1, -0.05) is 0 Å². The van der Waals surface area contributed by atoms with Gasteiger partial charge >= 0.3 is 15.6 Å². The highest BCUT2D eigenvalue weighted by molar-refractivity contribution is 7.47. The molecular weight excluding hydrogens is 650 g/mol. The molecular formula is C20H24N10O13P2. The Bertz CT molecular complexity index is 1940. The van der Waals surface area contributed by atoms with Crippen LogP contribution in [-0.4, -0.2) is 109 Å². The van der Waals surface area contributed by atoms with Crippen LogP contribution in [0.5, 0.6) is 0 Å². The highest BCUT2D eigenvalue weighted by atomic mass is 31.2. The van der Waals surface area contributed by atoms with Crippen LogP contribution in [0, 0.1) is 0 Å². The number of H-pyrrole nitrogens is 1. The first-order chi connectivity index (χ1) is 21.3. The number of aromatic amines is 1. The number of aliphatic hydroxyl groups excluding tert-OH is 2. The first-order valence-electron chi connectivity index (χ1n) is 13.0. The van der Waals surface area contributed by atoms with Gasteiger partial charge in [-0.2, -0.15) is 4.98 Å². The highest BCUT2D eigenvalue weighted by Gasteiger charge is 2.54. The van der Waals surface area contributed by atoms with Gasteiger partial charge in [0.2, 0.25) is 5.95 Å². The number of nitrogen functional groups attached to an aromatic ring is 2. The van der Waals surface area contributed by atoms with Crippen molar-refractivity contribution in [1.82, 2.24) is 39.0 Å². The number of hydrogen-bond acceptors (Lipinski definition) is 18. The van der Waals surface area contributed by atoms with Crippen LogP contribution >= 0.6 is 15.6 Å². The number of nitrogens with zero attached hydrogens (tertiary/aromatic N) is 7. The summed E-state index contributed by atoms with van der Waals surface area (Å²) in [5.74, 6) is -0.230. The molecule has 3 fully saturated rings. The SMILES string of the molecule is Nc1nc2c(ncn2[C@@H]2O[C@@H]3COP(=O)(O)OC4[C@@H](COP(=O)(O)OC3[C@@H]2O)O[C@@H](n2cnc3c(N)ncnc32)[C@H]4O)c(=O)[nH]1. The second-order valence-electron chi connectivity index (χ2n) is 10.1. The van der Waals surface area contributed by atoms with Crippen molar-refractivity contribution in [1.29, 1.82) is 0 Å². The van der Waals surface area contributed by atoms with Crippen molar-refractivity contribution in [3.05, 3.63) is 29.3 Å². The maximum atomic E-state index is 13.1. The van der Waals surface area contributed by atoms with Gasteiger partial charge in [-0.25, -0.2) is 29.1 Å². The predicted octanol–water partition coefficient (Wildman–Crippen LogP) is -2.34. The van der Waals surface area contributed by atoms with E-state index in [1.54, 1.807) is 0 Å². The average molecular weight is 674 g/mol. The minimum absolute atomic E-state index is 0.0383. The molecule has 3 saturated heterocycles. The summed E-state index contributed by atoms with van der Waals surface area (Å²) in [7, 11) is -10.1. The fourth-order valence-corrected chi connectivity index (χ4v) is 7.25. The molecule has 0 saturated carbocycles. The van der Waals surface area contributed by atoms with E-state index in [4.69, 9.17) is 39.0 Å². The lowest BCUT2D eigenvalue weighted by molar-refractivity contribution is -0.0664. The van der Waals surface area contributed by atoms with E-state index in [1.807, 2.05) is 0 Å². The number of phosphoric ester groups is 2. The van der Waals surface area contributed by atoms with Gasteiger partial charge in [0, 0.05) is 0 Å². The maximum Gasteiger partial charge on any atom is 0.472 e. The summed E-state index contributed by atoms with van der Waals surface area (Å²) >= 11 is 0. The van der Waals surface area contributed by atoms with Gasteiger partial charge in [-0.15, -0.1) is 0 Å². The van der Waals surface area contributed by atoms with Gasteiger partial charge in [-0.05, 0) is 0 Å². The molecule has 0 aliphatic carbocycles. The summed E-state index contributed by atoms with van der Waals surface area (Å²) < 4.78 is 60.9. The van der Waals surface area contributed by atoms with E-state index < -0.39 is 83.5 Å². The van der Waals surface area contributed by atoms with Gasteiger partial charge < -0.3 is 40.9 Å². The molecule has 10 atom stereocenters. The van der Waals surface area contributed by atoms with Gasteiger partial charge in [0.05, 0.1) is 25.9 Å². The Hall–Kier alpha value is -3.44. The molecule has 4 unspecified atom stereocenters. The van der Waals surface area contributed by atoms with Crippen LogP contribution in [0.3, 0.4) is 0 Å². The van der Waals surface area contributed by atoms with Crippen LogP contribution < -0.4 is 17.0 Å². The largest absolute Gasteiger partial charge is 0.472 e. The van der Waals surface area contributed by atoms with E-state index >= 15 is 0 Å². The number of hydrogen-bond donors (Lipinski definition) is 7. The second kappa shape index (κ2) is 10.8. The summed E-state index contributed by atoms with van der Waals surface area (Å²) in [5.41, 5.74) is 10.8. The number of imidazole rings is 2. The quantitative estimate of drug-likeness (QED) is 0.109. The Balaban J connectivity index is 1.17. The van der Waals surface area contributed by atoms with Gasteiger partial charge in [0.15, 0.2) is 35.1 Å². The normalized spacial score (nSPS) is 37.7. The van der Waals surface area contributed by atoms with Gasteiger partial charge in [-0.3, -0.25) is 37.0 Å². The molecule has 3 aliphatic heterocycles. The van der Waals surface area contributed by atoms with Crippen LogP contribution in [0.2, 0.25) is 0 Å². The molecule has 0 amide bonds. The second-order valence-corrected chi connectivity index (χ2v) is 13.0. The smallest absolute Gasteiger partial charge is 0.386 e. The minimum atomic E-state index is -5.06. The number of nitrogens with two attached hydrogens (primary N) is 2. The number of phosphoric acid groups is 2. The lowest BCUT2D eigenvalue weighted by atomic mass is 10.1. The van der Waals surface area contributed by atoms with E-state index in [0.29, 0.717) is 0 Å². The van der Waals surface area contributed by atoms with Crippen molar-refractivity contribution in [3.63, 3.8) is 0 Å². The van der Waals surface area contributed by atoms with E-state index in [9.17, 15) is 33.9 Å². The number of fused-ring (bicyclic) bond motifs is 4. The van der Waals surface area contributed by atoms with Crippen LogP contribution in [0.15, 0.2) is 23.8 Å². The summed E-state index contributed by atoms with van der Waals surface area (Å²) in [6, 6.07) is 0. The summed E-state index contributed by atoms with van der Waals surface area (Å²) in [6.07, 6.45) is -9.11.